The number of halogens is 1. The van der Waals surface area contributed by atoms with E-state index in [0.717, 1.165) is 5.69 Å². The highest BCUT2D eigenvalue weighted by Gasteiger charge is 2.10. The molecule has 1 rings (SSSR count). The van der Waals surface area contributed by atoms with Gasteiger partial charge in [-0.15, -0.1) is 0 Å². The number of anilines is 1. The Morgan fingerprint density at radius 3 is 2.58 bits per heavy atom. The number of rotatable bonds is 7. The number of ketones is 1. The lowest BCUT2D eigenvalue weighted by Gasteiger charge is -2.01. The maximum Gasteiger partial charge on any atom is 0.305 e. The predicted molar refractivity (Wildman–Crippen MR) is 74.2 cm³/mol. The summed E-state index contributed by atoms with van der Waals surface area (Å²) in [6, 6.07) is 9.15. The Morgan fingerprint density at radius 2 is 1.95 bits per heavy atom. The average molecular weight is 283 g/mol. The number of ether oxygens (including phenoxy) is 1. The highest BCUT2D eigenvalue weighted by Crippen LogP contribution is 2.06. The number of benzene rings is 1. The van der Waals surface area contributed by atoms with Gasteiger partial charge in [-0.3, -0.25) is 15.0 Å². The number of nitrogens with zero attached hydrogens (tertiary/aromatic N) is 1. The number of carbonyl (C=O) groups excluding carboxylic acids is 2. The highest BCUT2D eigenvalue weighted by atomic mass is 35.5. The van der Waals surface area contributed by atoms with E-state index < -0.39 is 0 Å². The summed E-state index contributed by atoms with van der Waals surface area (Å²) in [5.74, 6) is -0.655. The Labute approximate surface area is 116 Å². The minimum absolute atomic E-state index is 0.131. The molecule has 5 nitrogen and oxygen atoms in total. The molecule has 0 atom stereocenters. The first-order valence-electron chi connectivity index (χ1n) is 5.77. The molecule has 0 amide bonds. The van der Waals surface area contributed by atoms with Gasteiger partial charge in [0.2, 0.25) is 0 Å². The fourth-order valence-corrected chi connectivity index (χ4v) is 1.42. The molecule has 0 saturated carbocycles. The van der Waals surface area contributed by atoms with E-state index in [-0.39, 0.29) is 29.8 Å². The molecule has 1 N–H and O–H groups in total. The van der Waals surface area contributed by atoms with Crippen molar-refractivity contribution in [2.45, 2.75) is 19.3 Å². The molecular weight excluding hydrogens is 268 g/mol. The predicted octanol–water partition coefficient (Wildman–Crippen LogP) is 2.56. The maximum absolute atomic E-state index is 11.6. The molecule has 102 valence electrons. The normalized spacial score (nSPS) is 10.9. The number of hydrazone groups is 1. The second kappa shape index (κ2) is 8.26. The van der Waals surface area contributed by atoms with E-state index in [0.29, 0.717) is 6.42 Å². The van der Waals surface area contributed by atoms with Crippen LogP contribution >= 0.6 is 11.6 Å². The maximum atomic E-state index is 11.6. The number of carbonyl (C=O) groups is 2. The molecule has 0 aliphatic carbocycles. The van der Waals surface area contributed by atoms with Crippen LogP contribution in [0.2, 0.25) is 0 Å². The van der Waals surface area contributed by atoms with Crippen molar-refractivity contribution in [2.24, 2.45) is 5.10 Å². The summed E-state index contributed by atoms with van der Waals surface area (Å²) in [6.07, 6.45) is 0.745. The van der Waals surface area contributed by atoms with Crippen molar-refractivity contribution < 1.29 is 14.3 Å². The molecule has 0 fully saturated rings. The van der Waals surface area contributed by atoms with Crippen LogP contribution in [0.5, 0.6) is 0 Å². The summed E-state index contributed by atoms with van der Waals surface area (Å²) < 4.78 is 4.47. The number of Topliss-reactive ketones (excluding diaryl/α,β-unsaturated/α-hetero) is 1. The van der Waals surface area contributed by atoms with Gasteiger partial charge < -0.3 is 4.74 Å². The van der Waals surface area contributed by atoms with Crippen molar-refractivity contribution in [1.29, 1.82) is 0 Å². The van der Waals surface area contributed by atoms with Crippen molar-refractivity contribution in [2.75, 3.05) is 12.5 Å². The van der Waals surface area contributed by atoms with Gasteiger partial charge in [-0.2, -0.15) is 5.10 Å². The Kier molecular flexibility index (Phi) is 6.60. The minimum Gasteiger partial charge on any atom is -0.469 e. The molecule has 0 unspecified atom stereocenters. The first-order valence-corrected chi connectivity index (χ1v) is 6.15. The Balaban J connectivity index is 2.37. The monoisotopic (exact) mass is 282 g/mol. The topological polar surface area (TPSA) is 67.8 Å². The fraction of sp³-hybridized carbons (Fsp3) is 0.308. The molecule has 0 heterocycles. The van der Waals surface area contributed by atoms with Gasteiger partial charge in [-0.05, 0) is 18.6 Å². The highest BCUT2D eigenvalue weighted by molar-refractivity contribution is 6.83. The largest absolute Gasteiger partial charge is 0.469 e. The van der Waals surface area contributed by atoms with Crippen LogP contribution < -0.4 is 5.43 Å². The molecule has 0 aromatic heterocycles. The van der Waals surface area contributed by atoms with Crippen LogP contribution in [0.4, 0.5) is 5.69 Å². The van der Waals surface area contributed by atoms with Crippen molar-refractivity contribution in [3.63, 3.8) is 0 Å². The van der Waals surface area contributed by atoms with Crippen LogP contribution in [0.25, 0.3) is 0 Å². The minimum atomic E-state index is -0.344. The first-order chi connectivity index (χ1) is 9.13. The van der Waals surface area contributed by atoms with Gasteiger partial charge in [0.25, 0.3) is 0 Å². The van der Waals surface area contributed by atoms with E-state index in [9.17, 15) is 9.59 Å². The van der Waals surface area contributed by atoms with E-state index in [1.165, 1.54) is 7.11 Å². The smallest absolute Gasteiger partial charge is 0.305 e. The number of methoxy groups -OCH3 is 1. The van der Waals surface area contributed by atoms with Gasteiger partial charge in [0, 0.05) is 12.8 Å². The van der Waals surface area contributed by atoms with E-state index in [1.54, 1.807) is 12.1 Å². The molecule has 1 aromatic carbocycles. The molecule has 0 spiro atoms. The molecule has 0 saturated heterocycles. The molecule has 0 radical (unpaired) electrons. The molecule has 0 aliphatic rings. The third-order valence-corrected chi connectivity index (χ3v) is 2.59. The Bertz CT molecular complexity index is 460. The summed E-state index contributed by atoms with van der Waals surface area (Å²) in [6.45, 7) is 0. The summed E-state index contributed by atoms with van der Waals surface area (Å²) in [4.78, 5) is 22.4. The van der Waals surface area contributed by atoms with Gasteiger partial charge in [0.05, 0.1) is 12.8 Å². The third-order valence-electron chi connectivity index (χ3n) is 2.30. The van der Waals surface area contributed by atoms with Gasteiger partial charge >= 0.3 is 5.97 Å². The van der Waals surface area contributed by atoms with Crippen molar-refractivity contribution >= 4 is 34.2 Å². The van der Waals surface area contributed by atoms with Crippen LogP contribution in [-0.4, -0.2) is 24.0 Å². The SMILES string of the molecule is COC(=O)CCCC(=O)C(Cl)=NNc1ccccc1. The zero-order valence-corrected chi connectivity index (χ0v) is 11.3. The summed E-state index contributed by atoms with van der Waals surface area (Å²) in [5, 5.41) is 3.65. The number of nitrogens with one attached hydrogen (secondary N) is 1. The lowest BCUT2D eigenvalue weighted by atomic mass is 10.2. The molecule has 6 heteroatoms. The van der Waals surface area contributed by atoms with Gasteiger partial charge in [0.1, 0.15) is 0 Å². The lowest BCUT2D eigenvalue weighted by Crippen LogP contribution is -2.10. The molecule has 19 heavy (non-hydrogen) atoms. The summed E-state index contributed by atoms with van der Waals surface area (Å²) in [7, 11) is 1.31. The number of esters is 1. The second-order valence-electron chi connectivity index (χ2n) is 3.73. The lowest BCUT2D eigenvalue weighted by molar-refractivity contribution is -0.140. The zero-order chi connectivity index (χ0) is 14.1. The second-order valence-corrected chi connectivity index (χ2v) is 4.09. The third kappa shape index (κ3) is 6.01. The van der Waals surface area contributed by atoms with Crippen LogP contribution in [0.3, 0.4) is 0 Å². The standard InChI is InChI=1S/C13H15ClN2O3/c1-19-12(18)9-5-8-11(17)13(14)16-15-10-6-3-2-4-7-10/h2-4,6-7,15H,5,8-9H2,1H3. The zero-order valence-electron chi connectivity index (χ0n) is 10.6. The van der Waals surface area contributed by atoms with Gasteiger partial charge in [0.15, 0.2) is 11.0 Å². The molecular formula is C13H15ClN2O3. The van der Waals surface area contributed by atoms with Crippen LogP contribution in [0, 0.1) is 0 Å². The Hall–Kier alpha value is -1.88. The van der Waals surface area contributed by atoms with Crippen molar-refractivity contribution in [1.82, 2.24) is 0 Å². The van der Waals surface area contributed by atoms with E-state index in [1.807, 2.05) is 18.2 Å². The molecule has 0 aliphatic heterocycles. The summed E-state index contributed by atoms with van der Waals surface area (Å²) in [5.41, 5.74) is 3.42. The number of hydrogen-bond donors (Lipinski definition) is 1. The summed E-state index contributed by atoms with van der Waals surface area (Å²) >= 11 is 5.75. The van der Waals surface area contributed by atoms with Crippen molar-refractivity contribution in [3.05, 3.63) is 30.3 Å². The quantitative estimate of drug-likeness (QED) is 0.474. The fourth-order valence-electron chi connectivity index (χ4n) is 1.29. The molecule has 1 aromatic rings. The van der Waals surface area contributed by atoms with Crippen LogP contribution in [0.15, 0.2) is 35.4 Å². The van der Waals surface area contributed by atoms with Crippen molar-refractivity contribution in [3.8, 4) is 0 Å². The van der Waals surface area contributed by atoms with E-state index in [4.69, 9.17) is 11.6 Å². The average Bonchev–Trinajstić information content (AvgIpc) is 2.45. The van der Waals surface area contributed by atoms with Gasteiger partial charge in [-0.1, -0.05) is 29.8 Å². The van der Waals surface area contributed by atoms with Crippen LogP contribution in [-0.2, 0) is 14.3 Å². The number of hydrogen-bond acceptors (Lipinski definition) is 5. The first kappa shape index (κ1) is 15.2. The van der Waals surface area contributed by atoms with E-state index >= 15 is 0 Å². The number of para-hydroxylation sites is 1. The Morgan fingerprint density at radius 1 is 1.26 bits per heavy atom. The van der Waals surface area contributed by atoms with Crippen LogP contribution in [0.1, 0.15) is 19.3 Å². The van der Waals surface area contributed by atoms with E-state index in [2.05, 4.69) is 15.3 Å². The molecule has 0 bridgehead atoms. The van der Waals surface area contributed by atoms with Gasteiger partial charge in [-0.25, -0.2) is 0 Å².